The van der Waals surface area contributed by atoms with Gasteiger partial charge in [0, 0.05) is 16.1 Å². The van der Waals surface area contributed by atoms with E-state index in [1.807, 2.05) is 24.3 Å². The molecule has 0 radical (unpaired) electrons. The highest BCUT2D eigenvalue weighted by Crippen LogP contribution is 2.35. The number of carbonyl (C=O) groups is 1. The van der Waals surface area contributed by atoms with E-state index in [0.717, 1.165) is 19.0 Å². The second-order valence-corrected chi connectivity index (χ2v) is 9.21. The van der Waals surface area contributed by atoms with E-state index in [9.17, 15) is 14.9 Å². The fourth-order valence-corrected chi connectivity index (χ4v) is 4.47. The maximum Gasteiger partial charge on any atom is 0.273 e. The Morgan fingerprint density at radius 3 is 2.38 bits per heavy atom. The number of ether oxygens (including phenoxy) is 1. The van der Waals surface area contributed by atoms with Gasteiger partial charge < -0.3 is 4.74 Å². The Morgan fingerprint density at radius 2 is 1.72 bits per heavy atom. The molecule has 0 fully saturated rings. The molecule has 10 heteroatoms. The zero-order chi connectivity index (χ0) is 23.1. The first-order valence-corrected chi connectivity index (χ1v) is 11.6. The Balaban J connectivity index is 1.60. The lowest BCUT2D eigenvalue weighted by molar-refractivity contribution is -0.385. The summed E-state index contributed by atoms with van der Waals surface area (Å²) in [6.07, 6.45) is 1.33. The van der Waals surface area contributed by atoms with E-state index in [1.165, 1.54) is 12.3 Å². The van der Waals surface area contributed by atoms with Crippen molar-refractivity contribution in [2.45, 2.75) is 13.0 Å². The first-order chi connectivity index (χ1) is 15.3. The van der Waals surface area contributed by atoms with Crippen LogP contribution in [-0.4, -0.2) is 17.0 Å². The molecule has 3 rings (SSSR count). The van der Waals surface area contributed by atoms with E-state index >= 15 is 0 Å². The minimum atomic E-state index is -0.513. The standard InChI is InChI=1S/C22H16Br3N3O4/c23-17-7-5-14(6-8-17)13-32-22-18(24)9-15(10-19(22)25)12-26-27-21(29)11-16-3-1-2-4-20(16)28(30)31/h1-10,12H,11,13H2,(H,27,29)/b26-12+. The quantitative estimate of drug-likeness (QED) is 0.184. The third-order valence-electron chi connectivity index (χ3n) is 4.26. The molecule has 0 aliphatic carbocycles. The van der Waals surface area contributed by atoms with Gasteiger partial charge in [-0.25, -0.2) is 5.43 Å². The van der Waals surface area contributed by atoms with Crippen molar-refractivity contribution < 1.29 is 14.5 Å². The fourth-order valence-electron chi connectivity index (χ4n) is 2.76. The van der Waals surface area contributed by atoms with Gasteiger partial charge in [0.2, 0.25) is 5.91 Å². The Labute approximate surface area is 209 Å². The van der Waals surface area contributed by atoms with E-state index in [2.05, 4.69) is 58.3 Å². The van der Waals surface area contributed by atoms with Crippen LogP contribution < -0.4 is 10.2 Å². The van der Waals surface area contributed by atoms with Crippen LogP contribution in [-0.2, 0) is 17.8 Å². The molecular weight excluding hydrogens is 610 g/mol. The predicted octanol–water partition coefficient (Wildman–Crippen LogP) is 6.15. The minimum Gasteiger partial charge on any atom is -0.487 e. The monoisotopic (exact) mass is 623 g/mol. The normalized spacial score (nSPS) is 10.8. The molecule has 1 N–H and O–H groups in total. The lowest BCUT2D eigenvalue weighted by Crippen LogP contribution is -2.20. The molecule has 7 nitrogen and oxygen atoms in total. The van der Waals surface area contributed by atoms with Gasteiger partial charge in [-0.1, -0.05) is 46.3 Å². The van der Waals surface area contributed by atoms with Crippen LogP contribution in [0.25, 0.3) is 0 Å². The summed E-state index contributed by atoms with van der Waals surface area (Å²) in [4.78, 5) is 22.7. The van der Waals surface area contributed by atoms with Crippen LogP contribution in [0.2, 0.25) is 0 Å². The number of nitro groups is 1. The number of benzene rings is 3. The summed E-state index contributed by atoms with van der Waals surface area (Å²) in [7, 11) is 0. The number of hydrogen-bond acceptors (Lipinski definition) is 5. The number of amides is 1. The topological polar surface area (TPSA) is 93.8 Å². The zero-order valence-corrected chi connectivity index (χ0v) is 21.2. The second kappa shape index (κ2) is 11.3. The maximum absolute atomic E-state index is 12.1. The molecule has 0 aromatic heterocycles. The average Bonchev–Trinajstić information content (AvgIpc) is 2.74. The van der Waals surface area contributed by atoms with Crippen LogP contribution in [0.1, 0.15) is 16.7 Å². The van der Waals surface area contributed by atoms with Gasteiger partial charge in [-0.3, -0.25) is 14.9 Å². The molecule has 32 heavy (non-hydrogen) atoms. The molecule has 3 aromatic carbocycles. The number of hydrazone groups is 1. The fraction of sp³-hybridized carbons (Fsp3) is 0.0909. The lowest BCUT2D eigenvalue weighted by atomic mass is 10.1. The van der Waals surface area contributed by atoms with Gasteiger partial charge in [-0.2, -0.15) is 5.10 Å². The van der Waals surface area contributed by atoms with E-state index in [-0.39, 0.29) is 12.1 Å². The summed E-state index contributed by atoms with van der Waals surface area (Å²) in [5.74, 6) is 0.189. The number of hydrogen-bond donors (Lipinski definition) is 1. The number of rotatable bonds is 8. The first kappa shape index (κ1) is 24.1. The maximum atomic E-state index is 12.1. The van der Waals surface area contributed by atoms with Gasteiger partial charge in [0.1, 0.15) is 12.4 Å². The Kier molecular flexibility index (Phi) is 8.54. The molecule has 0 unspecified atom stereocenters. The number of halogens is 3. The van der Waals surface area contributed by atoms with Gasteiger partial charge in [-0.15, -0.1) is 0 Å². The third-order valence-corrected chi connectivity index (χ3v) is 5.97. The van der Waals surface area contributed by atoms with Crippen LogP contribution in [0.4, 0.5) is 5.69 Å². The number of nitrogens with one attached hydrogen (secondary N) is 1. The molecular formula is C22H16Br3N3O4. The highest BCUT2D eigenvalue weighted by molar-refractivity contribution is 9.11. The Bertz CT molecular complexity index is 1140. The minimum absolute atomic E-state index is 0.0989. The highest BCUT2D eigenvalue weighted by atomic mass is 79.9. The van der Waals surface area contributed by atoms with Gasteiger partial charge in [-0.05, 0) is 67.3 Å². The lowest BCUT2D eigenvalue weighted by Gasteiger charge is -2.11. The molecule has 3 aromatic rings. The van der Waals surface area contributed by atoms with E-state index in [1.54, 1.807) is 30.3 Å². The zero-order valence-electron chi connectivity index (χ0n) is 16.4. The largest absolute Gasteiger partial charge is 0.487 e. The third kappa shape index (κ3) is 6.72. The van der Waals surface area contributed by atoms with Crippen molar-refractivity contribution in [2.24, 2.45) is 5.10 Å². The summed E-state index contributed by atoms with van der Waals surface area (Å²) < 4.78 is 8.35. The van der Waals surface area contributed by atoms with Crippen molar-refractivity contribution in [3.8, 4) is 5.75 Å². The molecule has 0 heterocycles. The molecule has 0 saturated carbocycles. The number of para-hydroxylation sites is 1. The average molecular weight is 626 g/mol. The van der Waals surface area contributed by atoms with E-state index < -0.39 is 10.8 Å². The molecule has 0 spiro atoms. The van der Waals surface area contributed by atoms with Crippen LogP contribution in [0.5, 0.6) is 5.75 Å². The molecule has 1 amide bonds. The summed E-state index contributed by atoms with van der Waals surface area (Å²) in [6.45, 7) is 0.402. The van der Waals surface area contributed by atoms with Crippen molar-refractivity contribution in [1.29, 1.82) is 0 Å². The summed E-state index contributed by atoms with van der Waals surface area (Å²) >= 11 is 10.4. The molecule has 0 bridgehead atoms. The first-order valence-electron chi connectivity index (χ1n) is 9.24. The summed E-state index contributed by atoms with van der Waals surface area (Å²) in [5, 5.41) is 15.0. The van der Waals surface area contributed by atoms with Crippen molar-refractivity contribution in [1.82, 2.24) is 5.43 Å². The van der Waals surface area contributed by atoms with Crippen molar-refractivity contribution in [3.63, 3.8) is 0 Å². The van der Waals surface area contributed by atoms with Crippen LogP contribution in [0.3, 0.4) is 0 Å². The van der Waals surface area contributed by atoms with Crippen molar-refractivity contribution >= 4 is 65.6 Å². The number of carbonyl (C=O) groups excluding carboxylic acids is 1. The Morgan fingerprint density at radius 1 is 1.06 bits per heavy atom. The van der Waals surface area contributed by atoms with E-state index in [4.69, 9.17) is 4.74 Å². The SMILES string of the molecule is O=C(Cc1ccccc1[N+](=O)[O-])N/N=C/c1cc(Br)c(OCc2ccc(Br)cc2)c(Br)c1. The van der Waals surface area contributed by atoms with Gasteiger partial charge in [0.05, 0.1) is 26.5 Å². The number of nitrogens with zero attached hydrogens (tertiary/aromatic N) is 2. The van der Waals surface area contributed by atoms with Crippen LogP contribution >= 0.6 is 47.8 Å². The predicted molar refractivity (Wildman–Crippen MR) is 133 cm³/mol. The van der Waals surface area contributed by atoms with Crippen molar-refractivity contribution in [2.75, 3.05) is 0 Å². The van der Waals surface area contributed by atoms with Gasteiger partial charge in [0.25, 0.3) is 5.69 Å². The molecule has 0 saturated heterocycles. The van der Waals surface area contributed by atoms with Gasteiger partial charge in [0.15, 0.2) is 0 Å². The molecule has 0 aliphatic heterocycles. The Hall–Kier alpha value is -2.56. The summed E-state index contributed by atoms with van der Waals surface area (Å²) in [5.41, 5.74) is 4.36. The van der Waals surface area contributed by atoms with E-state index in [0.29, 0.717) is 23.5 Å². The van der Waals surface area contributed by atoms with Crippen LogP contribution in [0.15, 0.2) is 79.2 Å². The number of nitro benzene ring substituents is 1. The molecule has 164 valence electrons. The highest BCUT2D eigenvalue weighted by Gasteiger charge is 2.15. The molecule has 0 atom stereocenters. The smallest absolute Gasteiger partial charge is 0.273 e. The van der Waals surface area contributed by atoms with Crippen LogP contribution in [0, 0.1) is 10.1 Å². The second-order valence-electron chi connectivity index (χ2n) is 6.58. The molecule has 0 aliphatic rings. The van der Waals surface area contributed by atoms with Crippen molar-refractivity contribution in [3.05, 3.63) is 101 Å². The summed E-state index contributed by atoms with van der Waals surface area (Å²) in [6, 6.07) is 17.6. The van der Waals surface area contributed by atoms with Gasteiger partial charge >= 0.3 is 0 Å².